The van der Waals surface area contributed by atoms with Crippen molar-refractivity contribution in [1.29, 1.82) is 0 Å². The van der Waals surface area contributed by atoms with Crippen LogP contribution in [-0.2, 0) is 10.3 Å². The molecule has 0 bridgehead atoms. The lowest BCUT2D eigenvalue weighted by atomic mass is 9.77. The smallest absolute Gasteiger partial charge is 0.340 e. The third kappa shape index (κ3) is 2.92. The maximum atomic E-state index is 14.4. The largest absolute Gasteiger partial charge is 0.505 e. The molecule has 0 atom stereocenters. The van der Waals surface area contributed by atoms with Gasteiger partial charge in [0.05, 0.1) is 16.7 Å². The van der Waals surface area contributed by atoms with Crippen LogP contribution in [0.1, 0.15) is 50.8 Å². The van der Waals surface area contributed by atoms with Gasteiger partial charge >= 0.3 is 5.97 Å². The number of phenolic OH excluding ortho intramolecular Hbond substituents is 2. The summed E-state index contributed by atoms with van der Waals surface area (Å²) >= 11 is 0. The van der Waals surface area contributed by atoms with E-state index in [1.54, 1.807) is 0 Å². The Kier molecular flexibility index (Phi) is 4.52. The highest BCUT2D eigenvalue weighted by Gasteiger charge is 2.54. The van der Waals surface area contributed by atoms with Crippen molar-refractivity contribution in [2.75, 3.05) is 6.54 Å². The van der Waals surface area contributed by atoms with E-state index < -0.39 is 34.7 Å². The normalized spacial score (nSPS) is 14.7. The zero-order chi connectivity index (χ0) is 23.5. The van der Waals surface area contributed by atoms with Crippen LogP contribution >= 0.6 is 0 Å². The molecule has 5 rings (SSSR count). The summed E-state index contributed by atoms with van der Waals surface area (Å²) in [6.07, 6.45) is 0.728. The van der Waals surface area contributed by atoms with Gasteiger partial charge in [0, 0.05) is 29.8 Å². The van der Waals surface area contributed by atoms with Crippen molar-refractivity contribution in [2.24, 2.45) is 0 Å². The number of benzene rings is 3. The molecular formula is C24H17F2NO6. The number of esters is 1. The van der Waals surface area contributed by atoms with E-state index in [0.717, 1.165) is 30.7 Å². The predicted octanol–water partition coefficient (Wildman–Crippen LogP) is 4.08. The zero-order valence-corrected chi connectivity index (χ0v) is 17.2. The summed E-state index contributed by atoms with van der Waals surface area (Å²) in [4.78, 5) is 25.4. The standard InChI is InChI=1S/C24H17F2NO6/c1-2-5-27-22(30)11-3-4-13-12(6-11)23(31)33-24(13)14-7-16(25)18(28)9-20(14)32-21-10-19(29)17(26)8-15(21)24/h3-4,6-10,28-29H,2,5H2,1H3,(H,27,30). The molecule has 3 N–H and O–H groups in total. The minimum absolute atomic E-state index is 0.0191. The Bertz CT molecular complexity index is 1300. The highest BCUT2D eigenvalue weighted by molar-refractivity contribution is 6.01. The maximum Gasteiger partial charge on any atom is 0.340 e. The fourth-order valence-corrected chi connectivity index (χ4v) is 4.22. The number of rotatable bonds is 3. The summed E-state index contributed by atoms with van der Waals surface area (Å²) < 4.78 is 40.3. The summed E-state index contributed by atoms with van der Waals surface area (Å²) in [6.45, 7) is 2.35. The minimum atomic E-state index is -1.82. The van der Waals surface area contributed by atoms with Gasteiger partial charge in [0.1, 0.15) is 11.5 Å². The van der Waals surface area contributed by atoms with E-state index in [-0.39, 0.29) is 45.2 Å². The number of nitrogens with one attached hydrogen (secondary N) is 1. The number of carbonyl (C=O) groups excluding carboxylic acids is 2. The molecular weight excluding hydrogens is 436 g/mol. The third-order valence-electron chi connectivity index (χ3n) is 5.74. The monoisotopic (exact) mass is 453 g/mol. The van der Waals surface area contributed by atoms with Crippen LogP contribution in [0.25, 0.3) is 0 Å². The van der Waals surface area contributed by atoms with Gasteiger partial charge in [0.25, 0.3) is 5.91 Å². The second-order valence-electron chi connectivity index (χ2n) is 7.79. The number of amides is 1. The highest BCUT2D eigenvalue weighted by Crippen LogP contribution is 2.57. The van der Waals surface area contributed by atoms with Crippen molar-refractivity contribution in [2.45, 2.75) is 18.9 Å². The summed E-state index contributed by atoms with van der Waals surface area (Å²) in [5.74, 6) is -4.68. The first-order valence-corrected chi connectivity index (χ1v) is 10.2. The number of aromatic hydroxyl groups is 2. The van der Waals surface area contributed by atoms with Gasteiger partial charge in [0.2, 0.25) is 0 Å². The molecule has 168 valence electrons. The number of ether oxygens (including phenoxy) is 2. The molecule has 9 heteroatoms. The van der Waals surface area contributed by atoms with Crippen molar-refractivity contribution < 1.29 is 38.1 Å². The fourth-order valence-electron chi connectivity index (χ4n) is 4.22. The van der Waals surface area contributed by atoms with E-state index >= 15 is 0 Å². The molecule has 0 aliphatic carbocycles. The van der Waals surface area contributed by atoms with E-state index in [1.165, 1.54) is 18.2 Å². The number of hydrogen-bond donors (Lipinski definition) is 3. The number of phenols is 2. The lowest BCUT2D eigenvalue weighted by molar-refractivity contribution is 0.0221. The lowest BCUT2D eigenvalue weighted by Gasteiger charge is -2.36. The van der Waals surface area contributed by atoms with Crippen LogP contribution in [0.4, 0.5) is 8.78 Å². The van der Waals surface area contributed by atoms with Gasteiger partial charge in [-0.1, -0.05) is 13.0 Å². The molecule has 33 heavy (non-hydrogen) atoms. The Balaban J connectivity index is 1.78. The van der Waals surface area contributed by atoms with E-state index in [2.05, 4.69) is 5.32 Å². The van der Waals surface area contributed by atoms with Gasteiger partial charge in [-0.05, 0) is 30.7 Å². The van der Waals surface area contributed by atoms with Crippen LogP contribution in [-0.4, -0.2) is 28.6 Å². The number of carbonyl (C=O) groups is 2. The molecule has 3 aromatic carbocycles. The molecule has 1 spiro atoms. The van der Waals surface area contributed by atoms with Gasteiger partial charge in [-0.3, -0.25) is 4.79 Å². The molecule has 0 unspecified atom stereocenters. The molecule has 7 nitrogen and oxygen atoms in total. The van der Waals surface area contributed by atoms with Gasteiger partial charge < -0.3 is 25.0 Å². The third-order valence-corrected chi connectivity index (χ3v) is 5.74. The Morgan fingerprint density at radius 2 is 1.58 bits per heavy atom. The summed E-state index contributed by atoms with van der Waals surface area (Å²) in [5.41, 5.74) is -1.29. The minimum Gasteiger partial charge on any atom is -0.505 e. The molecule has 0 aromatic heterocycles. The molecule has 0 saturated carbocycles. The van der Waals surface area contributed by atoms with Gasteiger partial charge in [0.15, 0.2) is 28.7 Å². The molecule has 2 heterocycles. The highest BCUT2D eigenvalue weighted by atomic mass is 19.1. The number of fused-ring (bicyclic) bond motifs is 6. The van der Waals surface area contributed by atoms with Gasteiger partial charge in [-0.15, -0.1) is 0 Å². The summed E-state index contributed by atoms with van der Waals surface area (Å²) in [5, 5.41) is 22.4. The molecule has 0 saturated heterocycles. The average Bonchev–Trinajstić information content (AvgIpc) is 3.08. The SMILES string of the molecule is CCCNC(=O)c1ccc2c(c1)C(=O)OC21c2cc(F)c(O)cc2Oc2cc(O)c(F)cc21. The van der Waals surface area contributed by atoms with Crippen LogP contribution in [0.2, 0.25) is 0 Å². The Morgan fingerprint density at radius 3 is 2.15 bits per heavy atom. The lowest BCUT2D eigenvalue weighted by Crippen LogP contribution is -2.33. The Hall–Kier alpha value is -4.14. The second-order valence-corrected chi connectivity index (χ2v) is 7.79. The first-order valence-electron chi connectivity index (χ1n) is 10.2. The molecule has 2 aliphatic heterocycles. The summed E-state index contributed by atoms with van der Waals surface area (Å²) in [7, 11) is 0. The zero-order valence-electron chi connectivity index (χ0n) is 17.2. The fraction of sp³-hybridized carbons (Fsp3) is 0.167. The van der Waals surface area contributed by atoms with Crippen LogP contribution in [0.5, 0.6) is 23.0 Å². The second kappa shape index (κ2) is 7.19. The first kappa shape index (κ1) is 20.7. The van der Waals surface area contributed by atoms with Crippen molar-refractivity contribution in [3.63, 3.8) is 0 Å². The van der Waals surface area contributed by atoms with E-state index in [1.807, 2.05) is 6.92 Å². The maximum absolute atomic E-state index is 14.4. The summed E-state index contributed by atoms with van der Waals surface area (Å²) in [6, 6.07) is 8.23. The quantitative estimate of drug-likeness (QED) is 0.516. The van der Waals surface area contributed by atoms with E-state index in [4.69, 9.17) is 9.47 Å². The Morgan fingerprint density at radius 1 is 0.970 bits per heavy atom. The van der Waals surface area contributed by atoms with E-state index in [0.29, 0.717) is 6.54 Å². The molecule has 3 aromatic rings. The van der Waals surface area contributed by atoms with Crippen LogP contribution < -0.4 is 10.1 Å². The van der Waals surface area contributed by atoms with E-state index in [9.17, 15) is 28.6 Å². The number of hydrogen-bond acceptors (Lipinski definition) is 6. The van der Waals surface area contributed by atoms with Crippen molar-refractivity contribution >= 4 is 11.9 Å². The van der Waals surface area contributed by atoms with Gasteiger partial charge in [-0.2, -0.15) is 0 Å². The Labute approximate surface area is 186 Å². The van der Waals surface area contributed by atoms with Crippen LogP contribution in [0.3, 0.4) is 0 Å². The van der Waals surface area contributed by atoms with Crippen molar-refractivity contribution in [1.82, 2.24) is 5.32 Å². The molecule has 0 fully saturated rings. The number of halogens is 2. The topological polar surface area (TPSA) is 105 Å². The average molecular weight is 453 g/mol. The van der Waals surface area contributed by atoms with Gasteiger partial charge in [-0.25, -0.2) is 13.6 Å². The molecule has 1 amide bonds. The van der Waals surface area contributed by atoms with Crippen molar-refractivity contribution in [3.8, 4) is 23.0 Å². The molecule has 0 radical (unpaired) electrons. The van der Waals surface area contributed by atoms with Crippen molar-refractivity contribution in [3.05, 3.63) is 81.9 Å². The van der Waals surface area contributed by atoms with Crippen LogP contribution in [0.15, 0.2) is 42.5 Å². The predicted molar refractivity (Wildman–Crippen MR) is 111 cm³/mol. The van der Waals surface area contributed by atoms with Crippen LogP contribution in [0, 0.1) is 11.6 Å². The first-order chi connectivity index (χ1) is 15.8. The molecule has 2 aliphatic rings.